The Morgan fingerprint density at radius 3 is 2.85 bits per heavy atom. The van der Waals surface area contributed by atoms with Crippen molar-refractivity contribution < 1.29 is 27.5 Å². The van der Waals surface area contributed by atoms with E-state index < -0.39 is 27.0 Å². The molecule has 2 aliphatic heterocycles. The Kier molecular flexibility index (Phi) is 6.57. The molecule has 0 unspecified atom stereocenters. The van der Waals surface area contributed by atoms with Crippen LogP contribution in [0.2, 0.25) is 0 Å². The van der Waals surface area contributed by atoms with Gasteiger partial charge in [0, 0.05) is 37.3 Å². The standard InChI is InChI=1S/C23H30N4O6S/c1-4-6-10-27-21(24-19(28)14-34(3,30)31)20-17(26-27)13-23(25-22(20)29)9-11-33-18-12-15(32-5-2)7-8-16(18)23/h7-8,12H,4-6,9-11,13-14H2,1-3H3,(H,24,28)(H,25,29)/t23-/m1/s1. The van der Waals surface area contributed by atoms with Gasteiger partial charge in [-0.1, -0.05) is 13.3 Å². The number of rotatable bonds is 8. The maximum absolute atomic E-state index is 13.4. The summed E-state index contributed by atoms with van der Waals surface area (Å²) >= 11 is 0. The third-order valence-electron chi connectivity index (χ3n) is 6.01. The molecule has 3 heterocycles. The van der Waals surface area contributed by atoms with Crippen molar-refractivity contribution in [3.63, 3.8) is 0 Å². The monoisotopic (exact) mass is 490 g/mol. The maximum atomic E-state index is 13.4. The van der Waals surface area contributed by atoms with Crippen LogP contribution in [0, 0.1) is 0 Å². The van der Waals surface area contributed by atoms with Gasteiger partial charge in [0.05, 0.1) is 24.4 Å². The lowest BCUT2D eigenvalue weighted by molar-refractivity contribution is -0.113. The molecule has 0 saturated heterocycles. The van der Waals surface area contributed by atoms with Crippen LogP contribution in [0.15, 0.2) is 18.2 Å². The quantitative estimate of drug-likeness (QED) is 0.579. The SMILES string of the molecule is CCCCn1nc2c(c1NC(=O)CS(C)(=O)=O)C(=O)N[C@]1(CCOc3cc(OCC)ccc31)C2. The lowest BCUT2D eigenvalue weighted by Gasteiger charge is -2.41. The number of sulfone groups is 1. The van der Waals surface area contributed by atoms with E-state index in [4.69, 9.17) is 9.47 Å². The molecule has 10 nitrogen and oxygen atoms in total. The number of amides is 2. The Morgan fingerprint density at radius 1 is 1.35 bits per heavy atom. The molecule has 184 valence electrons. The Balaban J connectivity index is 1.72. The summed E-state index contributed by atoms with van der Waals surface area (Å²) in [4.78, 5) is 25.8. The van der Waals surface area contributed by atoms with Crippen molar-refractivity contribution in [3.8, 4) is 11.5 Å². The minimum Gasteiger partial charge on any atom is -0.494 e. The van der Waals surface area contributed by atoms with Gasteiger partial charge in [0.1, 0.15) is 28.6 Å². The number of carbonyl (C=O) groups is 2. The average Bonchev–Trinajstić information content (AvgIpc) is 3.08. The first-order valence-corrected chi connectivity index (χ1v) is 13.5. The molecule has 2 aliphatic rings. The molecule has 1 aromatic heterocycles. The Morgan fingerprint density at radius 2 is 2.15 bits per heavy atom. The van der Waals surface area contributed by atoms with Crippen molar-refractivity contribution in [1.82, 2.24) is 15.1 Å². The molecule has 11 heteroatoms. The van der Waals surface area contributed by atoms with E-state index in [1.54, 1.807) is 4.68 Å². The smallest absolute Gasteiger partial charge is 0.257 e. The molecular weight excluding hydrogens is 460 g/mol. The molecule has 0 bridgehead atoms. The zero-order chi connectivity index (χ0) is 24.5. The van der Waals surface area contributed by atoms with Crippen molar-refractivity contribution in [2.45, 2.75) is 51.6 Å². The maximum Gasteiger partial charge on any atom is 0.257 e. The molecule has 2 N–H and O–H groups in total. The number of carbonyl (C=O) groups excluding carboxylic acids is 2. The van der Waals surface area contributed by atoms with Crippen molar-refractivity contribution in [1.29, 1.82) is 0 Å². The van der Waals surface area contributed by atoms with Crippen molar-refractivity contribution in [2.75, 3.05) is 30.5 Å². The molecule has 0 radical (unpaired) electrons. The Hall–Kier alpha value is -3.08. The fraction of sp³-hybridized carbons (Fsp3) is 0.522. The fourth-order valence-electron chi connectivity index (χ4n) is 4.54. The van der Waals surface area contributed by atoms with E-state index in [9.17, 15) is 18.0 Å². The van der Waals surface area contributed by atoms with Crippen LogP contribution in [0.25, 0.3) is 0 Å². The normalized spacial score (nSPS) is 19.1. The lowest BCUT2D eigenvalue weighted by atomic mass is 9.77. The largest absolute Gasteiger partial charge is 0.494 e. The summed E-state index contributed by atoms with van der Waals surface area (Å²) in [5.74, 6) is -0.132. The predicted molar refractivity (Wildman–Crippen MR) is 126 cm³/mol. The highest BCUT2D eigenvalue weighted by molar-refractivity contribution is 7.91. The number of aryl methyl sites for hydroxylation is 1. The molecule has 0 saturated carbocycles. The molecule has 1 aromatic carbocycles. The van der Waals surface area contributed by atoms with Crippen molar-refractivity contribution >= 4 is 27.5 Å². The van der Waals surface area contributed by atoms with Crippen LogP contribution in [0.3, 0.4) is 0 Å². The zero-order valence-corrected chi connectivity index (χ0v) is 20.5. The van der Waals surface area contributed by atoms with Gasteiger partial charge in [-0.2, -0.15) is 5.10 Å². The van der Waals surface area contributed by atoms with E-state index in [1.165, 1.54) is 0 Å². The number of hydrogen-bond acceptors (Lipinski definition) is 7. The highest BCUT2D eigenvalue weighted by Crippen LogP contribution is 2.44. The van der Waals surface area contributed by atoms with Crippen LogP contribution in [-0.2, 0) is 33.1 Å². The molecule has 0 aliphatic carbocycles. The van der Waals surface area contributed by atoms with Gasteiger partial charge in [-0.15, -0.1) is 0 Å². The van der Waals surface area contributed by atoms with Gasteiger partial charge in [0.15, 0.2) is 9.84 Å². The van der Waals surface area contributed by atoms with E-state index in [2.05, 4.69) is 15.7 Å². The summed E-state index contributed by atoms with van der Waals surface area (Å²) in [6, 6.07) is 5.60. The third-order valence-corrected chi connectivity index (χ3v) is 6.80. The van der Waals surface area contributed by atoms with Gasteiger partial charge in [0.2, 0.25) is 5.91 Å². The Labute approximate surface area is 198 Å². The van der Waals surface area contributed by atoms with Gasteiger partial charge in [-0.05, 0) is 25.5 Å². The second kappa shape index (κ2) is 9.28. The lowest BCUT2D eigenvalue weighted by Crippen LogP contribution is -2.53. The first kappa shape index (κ1) is 24.1. The second-order valence-corrected chi connectivity index (χ2v) is 10.9. The topological polar surface area (TPSA) is 129 Å². The first-order valence-electron chi connectivity index (χ1n) is 11.5. The fourth-order valence-corrected chi connectivity index (χ4v) is 5.09. The van der Waals surface area contributed by atoms with Crippen LogP contribution in [0.5, 0.6) is 11.5 Å². The number of aromatic nitrogens is 2. The van der Waals surface area contributed by atoms with Gasteiger partial charge >= 0.3 is 0 Å². The van der Waals surface area contributed by atoms with Gasteiger partial charge in [-0.3, -0.25) is 9.59 Å². The summed E-state index contributed by atoms with van der Waals surface area (Å²) in [6.07, 6.45) is 3.67. The highest BCUT2D eigenvalue weighted by Gasteiger charge is 2.46. The minimum absolute atomic E-state index is 0.239. The molecular formula is C23H30N4O6S. The van der Waals surface area contributed by atoms with Crippen LogP contribution in [0.4, 0.5) is 5.82 Å². The highest BCUT2D eigenvalue weighted by atomic mass is 32.2. The van der Waals surface area contributed by atoms with E-state index in [0.717, 1.165) is 24.7 Å². The summed E-state index contributed by atoms with van der Waals surface area (Å²) < 4.78 is 36.2. The molecule has 0 fully saturated rings. The molecule has 1 atom stereocenters. The Bertz CT molecular complexity index is 1220. The molecule has 2 aromatic rings. The number of nitrogens with one attached hydrogen (secondary N) is 2. The summed E-state index contributed by atoms with van der Waals surface area (Å²) in [5, 5.41) is 10.5. The number of fused-ring (bicyclic) bond motifs is 3. The van der Waals surface area contributed by atoms with Crippen LogP contribution in [-0.4, -0.2) is 55.2 Å². The average molecular weight is 491 g/mol. The van der Waals surface area contributed by atoms with Crippen LogP contribution >= 0.6 is 0 Å². The summed E-state index contributed by atoms with van der Waals surface area (Å²) in [6.45, 7) is 5.39. The summed E-state index contributed by atoms with van der Waals surface area (Å²) in [5.41, 5.74) is 1.01. The van der Waals surface area contributed by atoms with E-state index in [-0.39, 0.29) is 17.3 Å². The molecule has 34 heavy (non-hydrogen) atoms. The molecule has 2 amide bonds. The number of unbranched alkanes of at least 4 members (excludes halogenated alkanes) is 1. The van der Waals surface area contributed by atoms with E-state index in [1.807, 2.05) is 32.0 Å². The predicted octanol–water partition coefficient (Wildman–Crippen LogP) is 2.03. The summed E-state index contributed by atoms with van der Waals surface area (Å²) in [7, 11) is -3.52. The number of ether oxygens (including phenoxy) is 2. The van der Waals surface area contributed by atoms with Crippen LogP contribution < -0.4 is 20.1 Å². The first-order chi connectivity index (χ1) is 16.2. The van der Waals surface area contributed by atoms with Crippen molar-refractivity contribution in [3.05, 3.63) is 35.0 Å². The van der Waals surface area contributed by atoms with Gasteiger partial charge in [-0.25, -0.2) is 13.1 Å². The van der Waals surface area contributed by atoms with Crippen LogP contribution in [0.1, 0.15) is 54.7 Å². The molecule has 4 rings (SSSR count). The second-order valence-electron chi connectivity index (χ2n) is 8.77. The minimum atomic E-state index is -3.52. The van der Waals surface area contributed by atoms with Gasteiger partial charge < -0.3 is 20.1 Å². The van der Waals surface area contributed by atoms with Gasteiger partial charge in [0.25, 0.3) is 5.91 Å². The number of hydrogen-bond donors (Lipinski definition) is 2. The van der Waals surface area contributed by atoms with E-state index in [0.29, 0.717) is 49.8 Å². The van der Waals surface area contributed by atoms with E-state index >= 15 is 0 Å². The van der Waals surface area contributed by atoms with Crippen molar-refractivity contribution in [2.24, 2.45) is 0 Å². The third kappa shape index (κ3) is 4.75. The number of benzene rings is 1. The zero-order valence-electron chi connectivity index (χ0n) is 19.6. The number of anilines is 1. The molecule has 1 spiro atoms. The number of nitrogens with zero attached hydrogens (tertiary/aromatic N) is 2.